The number of carbonyl (C=O) groups excluding carboxylic acids is 8. The molecule has 8 atom stereocenters. The van der Waals surface area contributed by atoms with E-state index < -0.39 is 95.7 Å². The van der Waals surface area contributed by atoms with Crippen LogP contribution in [0.3, 0.4) is 0 Å². The number of amides is 8. The van der Waals surface area contributed by atoms with E-state index in [1.54, 1.807) is 77.7 Å². The molecule has 0 radical (unpaired) electrons. The number of hydrogen-bond donors (Lipinski definition) is 12. The Morgan fingerprint density at radius 2 is 1.18 bits per heavy atom. The van der Waals surface area contributed by atoms with Crippen molar-refractivity contribution in [3.8, 4) is 5.69 Å². The lowest BCUT2D eigenvalue weighted by molar-refractivity contribution is -0.136. The molecule has 0 unspecified atom stereocenters. The molecule has 22 nitrogen and oxygen atoms in total. The van der Waals surface area contributed by atoms with Crippen molar-refractivity contribution >= 4 is 47.3 Å². The second kappa shape index (κ2) is 27.2. The Morgan fingerprint density at radius 3 is 1.71 bits per heavy atom. The highest BCUT2D eigenvalue weighted by molar-refractivity contribution is 5.98. The molecule has 3 aromatic rings. The minimum atomic E-state index is -1.56. The van der Waals surface area contributed by atoms with Gasteiger partial charge in [0.05, 0.1) is 18.2 Å². The van der Waals surface area contributed by atoms with Gasteiger partial charge < -0.3 is 64.8 Å². The van der Waals surface area contributed by atoms with Crippen LogP contribution >= 0.6 is 0 Å². The lowest BCUT2D eigenvalue weighted by Gasteiger charge is -2.28. The summed E-state index contributed by atoms with van der Waals surface area (Å²) < 4.78 is 1.65. The molecular formula is C46H67N13O9. The van der Waals surface area contributed by atoms with Crippen molar-refractivity contribution in [3.05, 3.63) is 84.2 Å². The largest absolute Gasteiger partial charge is 0.391 e. The van der Waals surface area contributed by atoms with Gasteiger partial charge in [-0.2, -0.15) is 5.10 Å². The van der Waals surface area contributed by atoms with Crippen LogP contribution in [0.5, 0.6) is 0 Å². The quantitative estimate of drug-likeness (QED) is 0.0726. The first-order valence-corrected chi connectivity index (χ1v) is 22.8. The van der Waals surface area contributed by atoms with Gasteiger partial charge in [-0.3, -0.25) is 38.4 Å². The first kappa shape index (κ1) is 53.9. The van der Waals surface area contributed by atoms with Crippen LogP contribution in [0, 0.1) is 5.92 Å². The molecule has 1 saturated heterocycles. The van der Waals surface area contributed by atoms with Crippen LogP contribution in [0.25, 0.3) is 5.69 Å². The van der Waals surface area contributed by atoms with E-state index in [4.69, 9.17) is 17.2 Å². The second-order valence-electron chi connectivity index (χ2n) is 17.1. The number of benzene rings is 2. The monoisotopic (exact) mass is 946 g/mol. The van der Waals surface area contributed by atoms with Gasteiger partial charge in [0.2, 0.25) is 47.3 Å². The molecule has 1 fully saturated rings. The van der Waals surface area contributed by atoms with Gasteiger partial charge in [0.15, 0.2) is 0 Å². The number of hydrogen-bond acceptors (Lipinski definition) is 13. The summed E-state index contributed by atoms with van der Waals surface area (Å²) in [4.78, 5) is 111. The molecule has 4 rings (SSSR count). The van der Waals surface area contributed by atoms with Crippen LogP contribution in [-0.4, -0.2) is 137 Å². The van der Waals surface area contributed by atoms with Crippen molar-refractivity contribution in [1.29, 1.82) is 0 Å². The summed E-state index contributed by atoms with van der Waals surface area (Å²) in [6, 6.07) is 8.16. The zero-order valence-electron chi connectivity index (χ0n) is 38.7. The highest BCUT2D eigenvalue weighted by Crippen LogP contribution is 2.12. The highest BCUT2D eigenvalue weighted by atomic mass is 16.3. The van der Waals surface area contributed by atoms with Gasteiger partial charge in [0.1, 0.15) is 42.3 Å². The third-order valence-electron chi connectivity index (χ3n) is 11.0. The number of aliphatic hydroxyl groups is 1. The number of nitrogens with one attached hydrogen (secondary N) is 8. The highest BCUT2D eigenvalue weighted by Gasteiger charge is 2.35. The van der Waals surface area contributed by atoms with Gasteiger partial charge in [-0.25, -0.2) is 4.68 Å². The third-order valence-corrected chi connectivity index (χ3v) is 11.0. The van der Waals surface area contributed by atoms with E-state index in [1.165, 1.54) is 6.92 Å². The van der Waals surface area contributed by atoms with Crippen molar-refractivity contribution in [2.75, 3.05) is 26.2 Å². The van der Waals surface area contributed by atoms with Gasteiger partial charge in [-0.1, -0.05) is 56.3 Å². The summed E-state index contributed by atoms with van der Waals surface area (Å²) in [6.07, 6.45) is 1.35. The molecule has 15 N–H and O–H groups in total. The zero-order chi connectivity index (χ0) is 49.8. The molecule has 0 aliphatic carbocycles. The van der Waals surface area contributed by atoms with E-state index in [0.717, 1.165) is 5.69 Å². The molecule has 2 heterocycles. The predicted molar refractivity (Wildman–Crippen MR) is 251 cm³/mol. The fraction of sp³-hybridized carbons (Fsp3) is 0.500. The normalized spacial score (nSPS) is 23.5. The van der Waals surface area contributed by atoms with Crippen LogP contribution in [0.1, 0.15) is 64.0 Å². The van der Waals surface area contributed by atoms with E-state index >= 15 is 0 Å². The van der Waals surface area contributed by atoms with Crippen molar-refractivity contribution in [1.82, 2.24) is 52.3 Å². The zero-order valence-corrected chi connectivity index (χ0v) is 38.7. The van der Waals surface area contributed by atoms with E-state index in [1.807, 2.05) is 13.8 Å². The van der Waals surface area contributed by atoms with Crippen LogP contribution in [-0.2, 0) is 51.2 Å². The molecule has 8 amide bonds. The minimum absolute atomic E-state index is 0.0325. The molecule has 1 aliphatic heterocycles. The average Bonchev–Trinajstić information content (AvgIpc) is 3.85. The maximum atomic E-state index is 14.3. The van der Waals surface area contributed by atoms with E-state index in [0.29, 0.717) is 11.1 Å². The molecule has 0 spiro atoms. The van der Waals surface area contributed by atoms with Gasteiger partial charge in [0, 0.05) is 25.4 Å². The Kier molecular flexibility index (Phi) is 21.5. The predicted octanol–water partition coefficient (Wildman–Crippen LogP) is -2.96. The molecule has 0 bridgehead atoms. The van der Waals surface area contributed by atoms with Crippen molar-refractivity contribution in [2.24, 2.45) is 23.1 Å². The third kappa shape index (κ3) is 16.8. The topological polar surface area (TPSA) is 349 Å². The Morgan fingerprint density at radius 1 is 0.662 bits per heavy atom. The minimum Gasteiger partial charge on any atom is -0.391 e. The fourth-order valence-electron chi connectivity index (χ4n) is 7.43. The Labute approximate surface area is 395 Å². The number of nitrogens with two attached hydrogens (primary N) is 3. The standard InChI is InChI=1S/C46H67N13O9/c1-27(2)24-36-44(66)55-32(14-18-47)40(62)54-34(16-20-49)43(65)58-39(28(3)60)46(68)50-22-17-35(52-38(61)26-30-10-12-31(13-11-30)59-23-7-21-51-59)42(64)53-33(15-19-48)41(63)57-37(45(67)56-36)25-29-8-5-4-6-9-29/h4-13,21,23,27-28,32-37,39,60H,14-20,22,24-26,47-49H2,1-3H3,(H,50,68)(H,52,61)(H,53,64)(H,54,62)(H,55,66)(H,56,67)(H,57,63)(H,58,65)/t28-,32+,33+,34+,35+,36+,37-,39+/m1/s1. The van der Waals surface area contributed by atoms with Crippen molar-refractivity contribution < 1.29 is 43.5 Å². The maximum Gasteiger partial charge on any atom is 0.245 e. The molecule has 1 aliphatic rings. The lowest BCUT2D eigenvalue weighted by atomic mass is 10.00. The smallest absolute Gasteiger partial charge is 0.245 e. The van der Waals surface area contributed by atoms with Crippen LogP contribution in [0.15, 0.2) is 73.1 Å². The lowest BCUT2D eigenvalue weighted by Crippen LogP contribution is -2.61. The number of rotatable bonds is 15. The summed E-state index contributed by atoms with van der Waals surface area (Å²) in [7, 11) is 0. The fourth-order valence-corrected chi connectivity index (χ4v) is 7.43. The van der Waals surface area contributed by atoms with Crippen molar-refractivity contribution in [2.45, 2.75) is 114 Å². The van der Waals surface area contributed by atoms with Crippen molar-refractivity contribution in [3.63, 3.8) is 0 Å². The molecule has 0 saturated carbocycles. The number of aliphatic hydroxyl groups excluding tert-OH is 1. The Hall–Kier alpha value is -6.75. The molecule has 68 heavy (non-hydrogen) atoms. The van der Waals surface area contributed by atoms with E-state index in [-0.39, 0.29) is 77.0 Å². The first-order valence-electron chi connectivity index (χ1n) is 22.8. The summed E-state index contributed by atoms with van der Waals surface area (Å²) >= 11 is 0. The van der Waals surface area contributed by atoms with Crippen LogP contribution < -0.4 is 59.7 Å². The van der Waals surface area contributed by atoms with Gasteiger partial charge >= 0.3 is 0 Å². The Balaban J connectivity index is 1.71. The molecule has 1 aromatic heterocycles. The summed E-state index contributed by atoms with van der Waals surface area (Å²) in [5, 5.41) is 35.9. The first-order chi connectivity index (χ1) is 32.5. The summed E-state index contributed by atoms with van der Waals surface area (Å²) in [6.45, 7) is 4.41. The number of nitrogens with zero attached hydrogens (tertiary/aromatic N) is 2. The van der Waals surface area contributed by atoms with E-state index in [9.17, 15) is 43.5 Å². The van der Waals surface area contributed by atoms with Crippen LogP contribution in [0.4, 0.5) is 0 Å². The SMILES string of the molecule is CC(C)C[C@@H]1NC(=O)[C@@H](Cc2ccccc2)NC(=O)[C@H](CCN)NC(=O)[C@@H](NC(=O)Cc2ccc(-n3cccn3)cc2)CCNC(=O)[C@H]([C@@H](C)O)NC(=O)[C@H](CCN)NC(=O)[C@H](CCN)NC1=O. The van der Waals surface area contributed by atoms with Crippen LogP contribution in [0.2, 0.25) is 0 Å². The van der Waals surface area contributed by atoms with Gasteiger partial charge in [-0.05, 0) is 93.9 Å². The number of aromatic nitrogens is 2. The molecule has 22 heteroatoms. The summed E-state index contributed by atoms with van der Waals surface area (Å²) in [5.41, 5.74) is 19.6. The second-order valence-corrected chi connectivity index (χ2v) is 17.1. The Bertz CT molecular complexity index is 2140. The molecular weight excluding hydrogens is 879 g/mol. The average molecular weight is 946 g/mol. The molecule has 370 valence electrons. The van der Waals surface area contributed by atoms with Gasteiger partial charge in [0.25, 0.3) is 0 Å². The maximum absolute atomic E-state index is 14.3. The number of carbonyl (C=O) groups is 8. The van der Waals surface area contributed by atoms with E-state index in [2.05, 4.69) is 47.6 Å². The molecule has 2 aromatic carbocycles. The van der Waals surface area contributed by atoms with Gasteiger partial charge in [-0.15, -0.1) is 0 Å². The summed E-state index contributed by atoms with van der Waals surface area (Å²) in [5.74, 6) is -6.37.